The number of hydrogen-bond donors (Lipinski definition) is 1. The number of hydrogen-bond acceptors (Lipinski definition) is 3. The van der Waals surface area contributed by atoms with Gasteiger partial charge in [0, 0.05) is 51.7 Å². The second-order valence-electron chi connectivity index (χ2n) is 5.00. The monoisotopic (exact) mass is 341 g/mol. The number of rotatable bonds is 6. The van der Waals surface area contributed by atoms with Crippen LogP contribution in [0.4, 0.5) is 0 Å². The molecule has 1 heterocycles. The third-order valence-corrected chi connectivity index (χ3v) is 4.70. The topological polar surface area (TPSA) is 37.3 Å². The summed E-state index contributed by atoms with van der Waals surface area (Å²) in [6.45, 7) is 2.49. The molecule has 1 aromatic heterocycles. The van der Waals surface area contributed by atoms with Gasteiger partial charge in [-0.1, -0.05) is 19.8 Å². The van der Waals surface area contributed by atoms with E-state index in [1.165, 1.54) is 4.88 Å². The first-order valence-corrected chi connectivity index (χ1v) is 7.09. The van der Waals surface area contributed by atoms with E-state index in [4.69, 9.17) is 1.43 Å². The van der Waals surface area contributed by atoms with E-state index in [1.807, 2.05) is 6.07 Å². The van der Waals surface area contributed by atoms with Gasteiger partial charge in [-0.2, -0.15) is 6.07 Å². The van der Waals surface area contributed by atoms with Gasteiger partial charge in [0.1, 0.15) is 5.78 Å². The molecule has 4 heteroatoms. The van der Waals surface area contributed by atoms with Gasteiger partial charge < -0.3 is 16.4 Å². The summed E-state index contributed by atoms with van der Waals surface area (Å²) in [6.07, 6.45) is 3.65. The minimum absolute atomic E-state index is 0. The van der Waals surface area contributed by atoms with Gasteiger partial charge >= 0.3 is 0 Å². The summed E-state index contributed by atoms with van der Waals surface area (Å²) in [5.74, 6) is 1.07. The van der Waals surface area contributed by atoms with Crippen molar-refractivity contribution in [3.8, 4) is 0 Å². The Labute approximate surface area is 140 Å². The molecule has 3 atom stereocenters. The summed E-state index contributed by atoms with van der Waals surface area (Å²) in [5, 5.41) is 7.60. The Morgan fingerprint density at radius 3 is 3.17 bits per heavy atom. The maximum absolute atomic E-state index is 11.9. The van der Waals surface area contributed by atoms with Crippen LogP contribution in [0.3, 0.4) is 0 Å². The number of ketones is 1. The van der Waals surface area contributed by atoms with E-state index in [0.717, 1.165) is 19.3 Å². The van der Waals surface area contributed by atoms with Crippen LogP contribution in [0.2, 0.25) is 0 Å². The molecule has 0 aromatic carbocycles. The molecule has 1 aliphatic rings. The van der Waals surface area contributed by atoms with Crippen molar-refractivity contribution >= 4 is 17.1 Å². The molecule has 0 unspecified atom stereocenters. The summed E-state index contributed by atoms with van der Waals surface area (Å²) >= 11 is 1.65. The number of aryl methyl sites for hydroxylation is 1. The zero-order chi connectivity index (χ0) is 13.0. The van der Waals surface area contributed by atoms with Crippen LogP contribution in [0.1, 0.15) is 31.1 Å². The van der Waals surface area contributed by atoms with Gasteiger partial charge in [-0.3, -0.25) is 4.79 Å². The van der Waals surface area contributed by atoms with Gasteiger partial charge in [-0.05, 0) is 18.3 Å². The van der Waals surface area contributed by atoms with Gasteiger partial charge in [0.05, 0.1) is 0 Å². The molecule has 1 saturated carbocycles. The van der Waals surface area contributed by atoms with E-state index >= 15 is 0 Å². The third kappa shape index (κ3) is 3.96. The first-order chi connectivity index (χ1) is 8.72. The second-order valence-corrected chi connectivity index (χ2v) is 5.96. The molecule has 1 aromatic rings. The number of thiophene rings is 1. The second kappa shape index (κ2) is 7.89. The average molecular weight is 341 g/mol. The summed E-state index contributed by atoms with van der Waals surface area (Å²) in [6, 6.07) is 4.04. The molecule has 2 nitrogen and oxygen atoms in total. The molecule has 1 aliphatic carbocycles. The van der Waals surface area contributed by atoms with Crippen molar-refractivity contribution in [1.29, 1.82) is 1.43 Å². The number of Topliss-reactive ketones (excluding diaryl/α,β-unsaturated/α-hetero) is 1. The first kappa shape index (κ1) is 14.8. The van der Waals surface area contributed by atoms with E-state index in [0.29, 0.717) is 24.7 Å². The number of aliphatic hydroxyl groups is 1. The molecular formula is C14H19O2SY-. The predicted octanol–water partition coefficient (Wildman–Crippen LogP) is 2.70. The molecule has 0 spiro atoms. The summed E-state index contributed by atoms with van der Waals surface area (Å²) in [5.41, 5.74) is 0. The fraction of sp³-hybridized carbons (Fsp3) is 0.643. The van der Waals surface area contributed by atoms with E-state index in [1.54, 1.807) is 11.3 Å². The quantitative estimate of drug-likeness (QED) is 0.808. The average Bonchev–Trinajstić information content (AvgIpc) is 2.92. The number of aliphatic hydroxyl groups excluding tert-OH is 1. The van der Waals surface area contributed by atoms with Crippen LogP contribution in [0.25, 0.3) is 0 Å². The van der Waals surface area contributed by atoms with Crippen LogP contribution in [0.5, 0.6) is 0 Å². The van der Waals surface area contributed by atoms with Gasteiger partial charge in [-0.25, -0.2) is 6.07 Å². The smallest absolute Gasteiger partial charge is 0.210 e. The largest absolute Gasteiger partial charge is 0.396 e. The maximum atomic E-state index is 11.9. The van der Waals surface area contributed by atoms with Gasteiger partial charge in [0.2, 0.25) is 1.43 Å². The molecule has 0 bridgehead atoms. The molecule has 0 aliphatic heterocycles. The molecule has 1 fully saturated rings. The fourth-order valence-corrected chi connectivity index (χ4v) is 3.48. The number of carbonyl (C=O) groups is 1. The Morgan fingerprint density at radius 2 is 2.50 bits per heavy atom. The van der Waals surface area contributed by atoms with E-state index < -0.39 is 0 Å². The Bertz CT molecular complexity index is 383. The summed E-state index contributed by atoms with van der Waals surface area (Å²) in [7, 11) is 0. The van der Waals surface area contributed by atoms with Crippen molar-refractivity contribution < 1.29 is 42.6 Å². The van der Waals surface area contributed by atoms with Crippen LogP contribution in [-0.2, 0) is 43.9 Å². The molecule has 97 valence electrons. The minimum atomic E-state index is 0. The molecular weight excluding hydrogens is 321 g/mol. The van der Waals surface area contributed by atoms with Gasteiger partial charge in [0.15, 0.2) is 0 Å². The molecule has 2 rings (SSSR count). The first-order valence-electron chi connectivity index (χ1n) is 6.68. The normalized spacial score (nSPS) is 27.9. The van der Waals surface area contributed by atoms with Gasteiger partial charge in [0.25, 0.3) is 0 Å². The van der Waals surface area contributed by atoms with Crippen LogP contribution < -0.4 is 0 Å². The molecule has 18 heavy (non-hydrogen) atoms. The van der Waals surface area contributed by atoms with Crippen LogP contribution in [-0.4, -0.2) is 18.9 Å². The van der Waals surface area contributed by atoms with E-state index in [9.17, 15) is 4.79 Å². The molecule has 0 amide bonds. The van der Waals surface area contributed by atoms with Crippen molar-refractivity contribution in [2.24, 2.45) is 17.8 Å². The zero-order valence-corrected chi connectivity index (χ0v) is 14.4. The number of carbonyl (C=O) groups excluding carboxylic acids is 1. The third-order valence-electron chi connectivity index (χ3n) is 3.84. The predicted molar refractivity (Wildman–Crippen MR) is 68.9 cm³/mol. The van der Waals surface area contributed by atoms with E-state index in [2.05, 4.69) is 23.5 Å². The fourth-order valence-electron chi connectivity index (χ4n) is 2.81. The van der Waals surface area contributed by atoms with Crippen molar-refractivity contribution in [1.82, 2.24) is 0 Å². The standard InChI is InChI=1S/C14H19O2S.Y/c1-10-8-14(16)12(13(10)9-15)6-2-4-11-5-3-7-17-11;/h3,5,10,12-13,15H,2,4,6,8-9H2,1H3;/q-1;/t10-,12-,13+;/m1./s1/i15D;. The minimum Gasteiger partial charge on any atom is -0.396 e. The van der Waals surface area contributed by atoms with Crippen molar-refractivity contribution in [3.05, 3.63) is 22.4 Å². The van der Waals surface area contributed by atoms with Gasteiger partial charge in [-0.15, -0.1) is 10.3 Å². The van der Waals surface area contributed by atoms with Crippen LogP contribution in [0.15, 0.2) is 12.1 Å². The van der Waals surface area contributed by atoms with Crippen molar-refractivity contribution in [3.63, 3.8) is 0 Å². The SMILES string of the molecule is [2H]OC[C@H]1[C@H](C)CC(=O)[C@@H]1CCCc1cc[c-]s1.[Y]. The molecule has 0 saturated heterocycles. The molecule has 1 N–H and O–H groups in total. The van der Waals surface area contributed by atoms with Crippen molar-refractivity contribution in [2.45, 2.75) is 32.6 Å². The zero-order valence-electron chi connectivity index (χ0n) is 11.7. The van der Waals surface area contributed by atoms with E-state index in [-0.39, 0.29) is 44.5 Å². The Kier molecular flexibility index (Phi) is 6.50. The van der Waals surface area contributed by atoms with Crippen LogP contribution in [0, 0.1) is 23.1 Å². The Hall–Kier alpha value is 0.434. The van der Waals surface area contributed by atoms with Crippen LogP contribution >= 0.6 is 11.3 Å². The summed E-state index contributed by atoms with van der Waals surface area (Å²) < 4.78 is 6.89. The molecule has 1 radical (unpaired) electrons. The maximum Gasteiger partial charge on any atom is 0.210 e. The Balaban J connectivity index is 0.00000180. The Morgan fingerprint density at radius 1 is 1.67 bits per heavy atom. The van der Waals surface area contributed by atoms with Crippen molar-refractivity contribution in [2.75, 3.05) is 6.61 Å². The summed E-state index contributed by atoms with van der Waals surface area (Å²) in [4.78, 5) is 13.3.